The highest BCUT2D eigenvalue weighted by atomic mass is 15.0. The van der Waals surface area contributed by atoms with Crippen LogP contribution in [0.4, 0.5) is 0 Å². The Labute approximate surface area is 627 Å². The minimum atomic E-state index is 0.591. The van der Waals surface area contributed by atoms with E-state index in [9.17, 15) is 0 Å². The zero-order chi connectivity index (χ0) is 71.4. The van der Waals surface area contributed by atoms with Gasteiger partial charge in [0.05, 0.1) is 11.4 Å². The van der Waals surface area contributed by atoms with Gasteiger partial charge in [-0.25, -0.2) is 24.9 Å². The number of benzene rings is 16. The molecule has 2 aromatic heterocycles. The molecule has 2 aliphatic rings. The van der Waals surface area contributed by atoms with E-state index in [1.54, 1.807) is 0 Å². The molecular formula is C103H69N5. The van der Waals surface area contributed by atoms with E-state index in [0.29, 0.717) is 17.5 Å². The van der Waals surface area contributed by atoms with Crippen LogP contribution >= 0.6 is 0 Å². The summed E-state index contributed by atoms with van der Waals surface area (Å²) in [5.74, 6) is 2.52. The SMILES string of the molecule is C1=CCCC(c2cc(C3=CCCC=C3)nc(-c3cc(-c4ccccc4)cc(-c4cccc(-c5ccc6c7ccc(-c8cccc(-c9nc(-c%10ccccc%10)nc(-c%10cc(-c%11ccccc%11)cc(-c%11cccc(-c%12ccc%13c%14ccccc%14c%14ccccc%14c%13c%12)c%11)c%10)n9)c8)cc7c7ccccc7c6c5)c4)c3)n2)=C1. The molecule has 0 fully saturated rings. The standard InChI is InChI=1S/C103H69N5/c1-6-25-66(26-7-1)80-56-82(60-84(58-80)102-104-98(68-29-10-3-11-30-68)65-99(105-102)69-31-12-4-13-32-69)74-38-22-36-72(53-74)77-48-51-93-94-52-49-78(64-97(94)91-46-21-20-45-90(91)96(93)63-77)73-37-24-40-79(55-73)101-106-100(70-33-14-5-15-34-70)107-103(108-101)85-59-81(67-27-8-2-9-28-67)57-83(61-85)75-39-23-35-71(54-75)76-47-50-92-88-43-17-16-41-86(88)87-42-18-19-44-89(87)95(92)62-76/h1-3,5-10,12,14-29,31-65H,4,11,13,30H2. The van der Waals surface area contributed by atoms with Crippen LogP contribution in [0.25, 0.3) is 199 Å². The van der Waals surface area contributed by atoms with Gasteiger partial charge in [-0.3, -0.25) is 0 Å². The van der Waals surface area contributed by atoms with Gasteiger partial charge >= 0.3 is 0 Å². The Morgan fingerprint density at radius 1 is 0.194 bits per heavy atom. The monoisotopic (exact) mass is 1380 g/mol. The molecule has 506 valence electrons. The third-order valence-electron chi connectivity index (χ3n) is 21.7. The average Bonchev–Trinajstić information content (AvgIpc) is 0.742. The molecule has 0 aliphatic heterocycles. The second kappa shape index (κ2) is 27.3. The molecule has 0 bridgehead atoms. The maximum atomic E-state index is 5.45. The summed E-state index contributed by atoms with van der Waals surface area (Å²) in [6, 6.07) is 121. The predicted octanol–water partition coefficient (Wildman–Crippen LogP) is 27.4. The molecule has 0 N–H and O–H groups in total. The first-order valence-electron chi connectivity index (χ1n) is 37.4. The minimum Gasteiger partial charge on any atom is -0.228 e. The normalized spacial score (nSPS) is 12.9. The lowest BCUT2D eigenvalue weighted by Crippen LogP contribution is -2.02. The number of nitrogens with zero attached hydrogens (tertiary/aromatic N) is 5. The third-order valence-corrected chi connectivity index (χ3v) is 21.7. The maximum absolute atomic E-state index is 5.45. The van der Waals surface area contributed by atoms with Crippen molar-refractivity contribution in [2.45, 2.75) is 25.7 Å². The average molecular weight is 1380 g/mol. The second-order valence-corrected chi connectivity index (χ2v) is 28.4. The van der Waals surface area contributed by atoms with E-state index >= 15 is 0 Å². The van der Waals surface area contributed by atoms with Crippen LogP contribution in [0, 0.1) is 0 Å². The van der Waals surface area contributed by atoms with Crippen LogP contribution in [-0.2, 0) is 0 Å². The van der Waals surface area contributed by atoms with E-state index < -0.39 is 0 Å². The highest BCUT2D eigenvalue weighted by Gasteiger charge is 2.21. The summed E-state index contributed by atoms with van der Waals surface area (Å²) in [6.45, 7) is 0. The molecule has 0 amide bonds. The Balaban J connectivity index is 0.653. The Morgan fingerprint density at radius 3 is 0.954 bits per heavy atom. The lowest BCUT2D eigenvalue weighted by molar-refractivity contribution is 1.02. The van der Waals surface area contributed by atoms with E-state index in [4.69, 9.17) is 24.9 Å². The smallest absolute Gasteiger partial charge is 0.164 e. The maximum Gasteiger partial charge on any atom is 0.164 e. The number of aromatic nitrogens is 5. The molecule has 5 heteroatoms. The fraction of sp³-hybridized carbons (Fsp3) is 0.0388. The minimum absolute atomic E-state index is 0.591. The van der Waals surface area contributed by atoms with Gasteiger partial charge in [-0.05, 0) is 258 Å². The number of hydrogen-bond acceptors (Lipinski definition) is 5. The molecule has 0 radical (unpaired) electrons. The summed E-state index contributed by atoms with van der Waals surface area (Å²) in [5, 5.41) is 14.8. The van der Waals surface area contributed by atoms with Crippen LogP contribution in [-0.4, -0.2) is 24.9 Å². The summed E-state index contributed by atoms with van der Waals surface area (Å²) >= 11 is 0. The van der Waals surface area contributed by atoms with E-state index in [-0.39, 0.29) is 0 Å². The molecule has 18 aromatic rings. The van der Waals surface area contributed by atoms with Gasteiger partial charge in [0.1, 0.15) is 0 Å². The van der Waals surface area contributed by atoms with Gasteiger partial charge < -0.3 is 0 Å². The molecule has 2 heterocycles. The van der Waals surface area contributed by atoms with Crippen LogP contribution in [0.15, 0.2) is 370 Å². The van der Waals surface area contributed by atoms with Crippen LogP contribution in [0.3, 0.4) is 0 Å². The molecule has 0 saturated carbocycles. The van der Waals surface area contributed by atoms with Gasteiger partial charge in [0.15, 0.2) is 23.3 Å². The topological polar surface area (TPSA) is 64.5 Å². The second-order valence-electron chi connectivity index (χ2n) is 28.4. The van der Waals surface area contributed by atoms with Crippen LogP contribution in [0.5, 0.6) is 0 Å². The number of fused-ring (bicyclic) bond motifs is 12. The highest BCUT2D eigenvalue weighted by molar-refractivity contribution is 6.27. The molecule has 0 unspecified atom stereocenters. The van der Waals surface area contributed by atoms with Crippen molar-refractivity contribution in [1.82, 2.24) is 24.9 Å². The zero-order valence-corrected chi connectivity index (χ0v) is 59.3. The molecule has 20 rings (SSSR count). The van der Waals surface area contributed by atoms with Crippen LogP contribution in [0.2, 0.25) is 0 Å². The molecule has 0 spiro atoms. The first-order valence-corrected chi connectivity index (χ1v) is 37.4. The summed E-state index contributed by atoms with van der Waals surface area (Å²) in [5.41, 5.74) is 23.6. The fourth-order valence-electron chi connectivity index (χ4n) is 16.3. The van der Waals surface area contributed by atoms with Gasteiger partial charge in [0, 0.05) is 22.3 Å². The van der Waals surface area contributed by atoms with Crippen molar-refractivity contribution >= 4 is 75.8 Å². The van der Waals surface area contributed by atoms with E-state index in [2.05, 4.69) is 352 Å². The van der Waals surface area contributed by atoms with Crippen molar-refractivity contribution in [3.63, 3.8) is 0 Å². The molecule has 5 nitrogen and oxygen atoms in total. The molecule has 16 aromatic carbocycles. The van der Waals surface area contributed by atoms with Crippen molar-refractivity contribution in [1.29, 1.82) is 0 Å². The number of allylic oxidation sites excluding steroid dienone is 8. The summed E-state index contributed by atoms with van der Waals surface area (Å²) < 4.78 is 0. The van der Waals surface area contributed by atoms with Crippen molar-refractivity contribution in [3.05, 3.63) is 381 Å². The Bertz CT molecular complexity index is 6730. The van der Waals surface area contributed by atoms with Gasteiger partial charge in [0.25, 0.3) is 0 Å². The first kappa shape index (κ1) is 63.8. The van der Waals surface area contributed by atoms with Gasteiger partial charge in [-0.2, -0.15) is 0 Å². The zero-order valence-electron chi connectivity index (χ0n) is 59.3. The Kier molecular flexibility index (Phi) is 16.1. The predicted molar refractivity (Wildman–Crippen MR) is 453 cm³/mol. The molecular weight excluding hydrogens is 1310 g/mol. The molecule has 2 aliphatic carbocycles. The van der Waals surface area contributed by atoms with Crippen molar-refractivity contribution in [3.8, 4) is 123 Å². The Hall–Kier alpha value is -13.9. The fourth-order valence-corrected chi connectivity index (χ4v) is 16.3. The van der Waals surface area contributed by atoms with Crippen molar-refractivity contribution in [2.75, 3.05) is 0 Å². The molecule has 0 atom stereocenters. The molecule has 108 heavy (non-hydrogen) atoms. The lowest BCUT2D eigenvalue weighted by atomic mass is 9.89. The Morgan fingerprint density at radius 2 is 0.519 bits per heavy atom. The largest absolute Gasteiger partial charge is 0.228 e. The van der Waals surface area contributed by atoms with E-state index in [1.165, 1.54) is 70.2 Å². The van der Waals surface area contributed by atoms with E-state index in [0.717, 1.165) is 149 Å². The highest BCUT2D eigenvalue weighted by Crippen LogP contribution is 2.44. The van der Waals surface area contributed by atoms with Crippen molar-refractivity contribution < 1.29 is 0 Å². The summed E-state index contributed by atoms with van der Waals surface area (Å²) in [6.07, 6.45) is 17.4. The third kappa shape index (κ3) is 12.0. The molecule has 0 saturated heterocycles. The first-order chi connectivity index (χ1) is 53.5. The lowest BCUT2D eigenvalue weighted by Gasteiger charge is -2.16. The summed E-state index contributed by atoms with van der Waals surface area (Å²) in [7, 11) is 0. The quantitative estimate of drug-likeness (QED) is 0.108. The number of rotatable bonds is 13. The van der Waals surface area contributed by atoms with Crippen LogP contribution in [0.1, 0.15) is 37.1 Å². The van der Waals surface area contributed by atoms with Crippen LogP contribution < -0.4 is 0 Å². The van der Waals surface area contributed by atoms with E-state index in [1.807, 2.05) is 18.2 Å². The van der Waals surface area contributed by atoms with Gasteiger partial charge in [-0.1, -0.05) is 291 Å². The van der Waals surface area contributed by atoms with Crippen molar-refractivity contribution in [2.24, 2.45) is 0 Å². The number of hydrogen-bond donors (Lipinski definition) is 0. The van der Waals surface area contributed by atoms with Gasteiger partial charge in [0.2, 0.25) is 0 Å². The van der Waals surface area contributed by atoms with Gasteiger partial charge in [-0.15, -0.1) is 0 Å². The summed E-state index contributed by atoms with van der Waals surface area (Å²) in [4.78, 5) is 26.8.